The van der Waals surface area contributed by atoms with Crippen LogP contribution in [0.15, 0.2) is 58.4 Å². The average Bonchev–Trinajstić information content (AvgIpc) is 2.97. The highest BCUT2D eigenvalue weighted by Crippen LogP contribution is 2.13. The van der Waals surface area contributed by atoms with Crippen molar-refractivity contribution >= 4 is 37.8 Å². The molecule has 3 aromatic rings. The highest BCUT2D eigenvalue weighted by atomic mass is 35.5. The molecule has 0 bridgehead atoms. The van der Waals surface area contributed by atoms with Gasteiger partial charge in [-0.15, -0.1) is 15.0 Å². The molecule has 0 spiro atoms. The van der Waals surface area contributed by atoms with Crippen LogP contribution in [0.5, 0.6) is 0 Å². The Morgan fingerprint density at radius 1 is 1.09 bits per heavy atom. The fourth-order valence-corrected chi connectivity index (χ4v) is 3.16. The molecule has 23 heavy (non-hydrogen) atoms. The molecule has 0 saturated heterocycles. The first-order valence-electron chi connectivity index (χ1n) is 6.77. The van der Waals surface area contributed by atoms with Gasteiger partial charge >= 0.3 is 0 Å². The summed E-state index contributed by atoms with van der Waals surface area (Å²) < 4.78 is 24.5. The zero-order chi connectivity index (χ0) is 16.4. The van der Waals surface area contributed by atoms with Crippen LogP contribution in [0.25, 0.3) is 11.0 Å². The molecule has 6 nitrogen and oxygen atoms in total. The quantitative estimate of drug-likeness (QED) is 0.538. The SMILES string of the molecule is Cc1ccc(S(=O)(=O)C/N=C(/Cl)n2nc3ccccc3n2)cc1. The maximum absolute atomic E-state index is 12.2. The van der Waals surface area contributed by atoms with Crippen LogP contribution in [0.4, 0.5) is 0 Å². The molecule has 0 atom stereocenters. The molecular formula is C15H13ClN4O2S. The molecule has 0 saturated carbocycles. The van der Waals surface area contributed by atoms with E-state index in [4.69, 9.17) is 11.6 Å². The van der Waals surface area contributed by atoms with Gasteiger partial charge in [-0.1, -0.05) is 29.8 Å². The van der Waals surface area contributed by atoms with Gasteiger partial charge in [0.1, 0.15) is 16.9 Å². The van der Waals surface area contributed by atoms with Crippen LogP contribution in [0.1, 0.15) is 5.56 Å². The third-order valence-corrected chi connectivity index (χ3v) is 4.93. The summed E-state index contributed by atoms with van der Waals surface area (Å²) in [4.78, 5) is 5.22. The van der Waals surface area contributed by atoms with Gasteiger partial charge < -0.3 is 0 Å². The first-order valence-corrected chi connectivity index (χ1v) is 8.80. The standard InChI is InChI=1S/C15H13ClN4O2S/c1-11-6-8-12(9-7-11)23(21,22)10-17-15(16)20-18-13-4-2-3-5-14(13)19-20/h2-9H,10H2,1H3/b17-15-. The fourth-order valence-electron chi connectivity index (χ4n) is 1.96. The van der Waals surface area contributed by atoms with Crippen molar-refractivity contribution in [3.8, 4) is 0 Å². The summed E-state index contributed by atoms with van der Waals surface area (Å²) in [5, 5.41) is 8.19. The van der Waals surface area contributed by atoms with E-state index in [2.05, 4.69) is 15.2 Å². The van der Waals surface area contributed by atoms with E-state index in [0.29, 0.717) is 11.0 Å². The molecule has 0 aliphatic rings. The lowest BCUT2D eigenvalue weighted by Crippen LogP contribution is -2.12. The number of nitrogens with zero attached hydrogens (tertiary/aromatic N) is 4. The molecule has 2 aromatic carbocycles. The van der Waals surface area contributed by atoms with Gasteiger partial charge in [0.05, 0.1) is 4.90 Å². The Bertz CT molecular complexity index is 945. The number of fused-ring (bicyclic) bond motifs is 1. The van der Waals surface area contributed by atoms with E-state index < -0.39 is 15.7 Å². The number of hydrogen-bond donors (Lipinski definition) is 0. The molecule has 0 unspecified atom stereocenters. The molecule has 0 aliphatic carbocycles. The zero-order valence-electron chi connectivity index (χ0n) is 12.2. The Hall–Kier alpha value is -2.25. The Labute approximate surface area is 138 Å². The lowest BCUT2D eigenvalue weighted by Gasteiger charge is -2.02. The van der Waals surface area contributed by atoms with Gasteiger partial charge in [0, 0.05) is 0 Å². The molecule has 1 aromatic heterocycles. The highest BCUT2D eigenvalue weighted by molar-refractivity contribution is 7.91. The minimum atomic E-state index is -3.55. The predicted molar refractivity (Wildman–Crippen MR) is 89.4 cm³/mol. The van der Waals surface area contributed by atoms with Gasteiger partial charge in [-0.2, -0.15) is 0 Å². The summed E-state index contributed by atoms with van der Waals surface area (Å²) in [5.41, 5.74) is 2.29. The first-order chi connectivity index (χ1) is 11.0. The number of hydrogen-bond acceptors (Lipinski definition) is 5. The number of sulfone groups is 1. The Morgan fingerprint density at radius 3 is 2.22 bits per heavy atom. The highest BCUT2D eigenvalue weighted by Gasteiger charge is 2.14. The number of benzene rings is 2. The van der Waals surface area contributed by atoms with Gasteiger partial charge in [-0.3, -0.25) is 0 Å². The summed E-state index contributed by atoms with van der Waals surface area (Å²) in [7, 11) is -3.55. The maximum atomic E-state index is 12.2. The van der Waals surface area contributed by atoms with E-state index in [-0.39, 0.29) is 10.2 Å². The number of aliphatic imine (C=N–C) groups is 1. The van der Waals surface area contributed by atoms with Gasteiger partial charge in [0.25, 0.3) is 0 Å². The largest absolute Gasteiger partial charge is 0.239 e. The van der Waals surface area contributed by atoms with Crippen LogP contribution in [0.2, 0.25) is 0 Å². The van der Waals surface area contributed by atoms with Crippen molar-refractivity contribution in [2.45, 2.75) is 11.8 Å². The van der Waals surface area contributed by atoms with Crippen LogP contribution >= 0.6 is 11.6 Å². The Kier molecular flexibility index (Phi) is 4.14. The molecule has 0 radical (unpaired) electrons. The van der Waals surface area contributed by atoms with E-state index in [0.717, 1.165) is 10.4 Å². The molecule has 118 valence electrons. The summed E-state index contributed by atoms with van der Waals surface area (Å²) >= 11 is 6.02. The minimum Gasteiger partial charge on any atom is -0.238 e. The van der Waals surface area contributed by atoms with Crippen LogP contribution in [0, 0.1) is 6.92 Å². The van der Waals surface area contributed by atoms with E-state index >= 15 is 0 Å². The van der Waals surface area contributed by atoms with E-state index in [1.165, 1.54) is 0 Å². The third kappa shape index (κ3) is 3.40. The molecule has 0 fully saturated rings. The van der Waals surface area contributed by atoms with Crippen molar-refractivity contribution in [2.24, 2.45) is 4.99 Å². The third-order valence-electron chi connectivity index (χ3n) is 3.20. The van der Waals surface area contributed by atoms with Crippen molar-refractivity contribution in [3.63, 3.8) is 0 Å². The summed E-state index contributed by atoms with van der Waals surface area (Å²) in [6.45, 7) is 1.89. The fraction of sp³-hybridized carbons (Fsp3) is 0.133. The topological polar surface area (TPSA) is 77.2 Å². The summed E-state index contributed by atoms with van der Waals surface area (Å²) in [5.74, 6) is -0.465. The second-order valence-electron chi connectivity index (χ2n) is 4.96. The van der Waals surface area contributed by atoms with Crippen molar-refractivity contribution in [3.05, 3.63) is 54.1 Å². The van der Waals surface area contributed by atoms with Crippen molar-refractivity contribution in [2.75, 3.05) is 5.88 Å². The molecule has 0 N–H and O–H groups in total. The first kappa shape index (κ1) is 15.6. The van der Waals surface area contributed by atoms with E-state index in [1.807, 2.05) is 19.1 Å². The molecule has 1 heterocycles. The maximum Gasteiger partial charge on any atom is 0.239 e. The van der Waals surface area contributed by atoms with Crippen LogP contribution in [0.3, 0.4) is 0 Å². The van der Waals surface area contributed by atoms with Gasteiger partial charge in [-0.05, 0) is 42.8 Å². The molecule has 0 amide bonds. The van der Waals surface area contributed by atoms with Crippen LogP contribution in [-0.2, 0) is 9.84 Å². The Balaban J connectivity index is 1.84. The number of aromatic nitrogens is 3. The lowest BCUT2D eigenvalue weighted by molar-refractivity contribution is 0.596. The smallest absolute Gasteiger partial charge is 0.238 e. The van der Waals surface area contributed by atoms with E-state index in [9.17, 15) is 8.42 Å². The van der Waals surface area contributed by atoms with Crippen molar-refractivity contribution in [1.82, 2.24) is 15.0 Å². The number of aryl methyl sites for hydroxylation is 1. The Morgan fingerprint density at radius 2 is 1.65 bits per heavy atom. The van der Waals surface area contributed by atoms with Crippen LogP contribution < -0.4 is 0 Å². The summed E-state index contributed by atoms with van der Waals surface area (Å²) in [6, 6.07) is 13.8. The van der Waals surface area contributed by atoms with Gasteiger partial charge in [0.15, 0.2) is 9.84 Å². The normalized spacial score (nSPS) is 12.7. The molecular weight excluding hydrogens is 336 g/mol. The number of halogens is 1. The monoisotopic (exact) mass is 348 g/mol. The molecule has 0 aliphatic heterocycles. The lowest BCUT2D eigenvalue weighted by atomic mass is 10.2. The van der Waals surface area contributed by atoms with E-state index in [1.54, 1.807) is 36.4 Å². The van der Waals surface area contributed by atoms with Crippen molar-refractivity contribution in [1.29, 1.82) is 0 Å². The van der Waals surface area contributed by atoms with Crippen molar-refractivity contribution < 1.29 is 8.42 Å². The average molecular weight is 349 g/mol. The second-order valence-corrected chi connectivity index (χ2v) is 7.26. The minimum absolute atomic E-state index is 0.100. The molecule has 3 rings (SSSR count). The number of rotatable bonds is 3. The van der Waals surface area contributed by atoms with Gasteiger partial charge in [0.2, 0.25) is 5.29 Å². The summed E-state index contributed by atoms with van der Waals surface area (Å²) in [6.07, 6.45) is 0. The zero-order valence-corrected chi connectivity index (χ0v) is 13.8. The van der Waals surface area contributed by atoms with Crippen LogP contribution in [-0.4, -0.2) is 34.6 Å². The van der Waals surface area contributed by atoms with Gasteiger partial charge in [-0.25, -0.2) is 13.4 Å². The molecule has 8 heteroatoms. The predicted octanol–water partition coefficient (Wildman–Crippen LogP) is 2.61. The second kappa shape index (κ2) is 6.10.